The summed E-state index contributed by atoms with van der Waals surface area (Å²) in [6.07, 6.45) is 5.43. The molecule has 24 heavy (non-hydrogen) atoms. The molecular formula is C19H23N3O2. The van der Waals surface area contributed by atoms with Gasteiger partial charge < -0.3 is 9.47 Å². The minimum atomic E-state index is 0.412. The first-order chi connectivity index (χ1) is 11.7. The number of aromatic nitrogens is 2. The van der Waals surface area contributed by atoms with Crippen LogP contribution in [0.15, 0.2) is 24.4 Å². The van der Waals surface area contributed by atoms with Crippen molar-refractivity contribution in [2.45, 2.75) is 44.8 Å². The predicted molar refractivity (Wildman–Crippen MR) is 91.3 cm³/mol. The van der Waals surface area contributed by atoms with Gasteiger partial charge in [0.05, 0.1) is 19.9 Å². The van der Waals surface area contributed by atoms with Crippen molar-refractivity contribution in [3.63, 3.8) is 0 Å². The lowest BCUT2D eigenvalue weighted by molar-refractivity contribution is 0.164. The summed E-state index contributed by atoms with van der Waals surface area (Å²) in [6.45, 7) is 2.83. The van der Waals surface area contributed by atoms with Gasteiger partial charge >= 0.3 is 0 Å². The standard InChI is InChI=1S/C19H23N3O2/c1-12-20-10-16-17(21-12)9-14-4-6-18(16)22(14)11-13-8-15(23-2)5-7-19(13)24-3/h5,7-8,10,14,18H,4,6,9,11H2,1-3H3. The molecule has 2 aliphatic heterocycles. The molecule has 0 aliphatic carbocycles. The number of fused-ring (bicyclic) bond motifs is 4. The first-order valence-electron chi connectivity index (χ1n) is 8.48. The topological polar surface area (TPSA) is 47.5 Å². The molecule has 1 aromatic heterocycles. The molecule has 0 spiro atoms. The van der Waals surface area contributed by atoms with Crippen molar-refractivity contribution in [2.24, 2.45) is 0 Å². The van der Waals surface area contributed by atoms with Crippen LogP contribution in [0.25, 0.3) is 0 Å². The average Bonchev–Trinajstić information content (AvgIpc) is 2.87. The zero-order valence-corrected chi connectivity index (χ0v) is 14.5. The molecule has 126 valence electrons. The van der Waals surface area contributed by atoms with E-state index in [9.17, 15) is 0 Å². The molecule has 2 bridgehead atoms. The van der Waals surface area contributed by atoms with Crippen molar-refractivity contribution in [2.75, 3.05) is 14.2 Å². The lowest BCUT2D eigenvalue weighted by Crippen LogP contribution is -2.37. The Labute approximate surface area is 142 Å². The first kappa shape index (κ1) is 15.4. The van der Waals surface area contributed by atoms with Gasteiger partial charge in [-0.3, -0.25) is 4.90 Å². The van der Waals surface area contributed by atoms with Crippen LogP contribution in [-0.4, -0.2) is 35.1 Å². The molecule has 5 nitrogen and oxygen atoms in total. The monoisotopic (exact) mass is 325 g/mol. The van der Waals surface area contributed by atoms with E-state index in [1.54, 1.807) is 14.2 Å². The predicted octanol–water partition coefficient (Wildman–Crippen LogP) is 3.06. The lowest BCUT2D eigenvalue weighted by Gasteiger charge is -2.36. The molecule has 5 heteroatoms. The van der Waals surface area contributed by atoms with Crippen molar-refractivity contribution < 1.29 is 9.47 Å². The van der Waals surface area contributed by atoms with E-state index < -0.39 is 0 Å². The fraction of sp³-hybridized carbons (Fsp3) is 0.474. The normalized spacial score (nSPS) is 22.3. The number of rotatable bonds is 4. The maximum Gasteiger partial charge on any atom is 0.125 e. The minimum Gasteiger partial charge on any atom is -0.497 e. The molecule has 2 aromatic rings. The molecule has 0 N–H and O–H groups in total. The van der Waals surface area contributed by atoms with Crippen LogP contribution in [-0.2, 0) is 13.0 Å². The summed E-state index contributed by atoms with van der Waals surface area (Å²) >= 11 is 0. The highest BCUT2D eigenvalue weighted by Crippen LogP contribution is 2.44. The average molecular weight is 325 g/mol. The second-order valence-corrected chi connectivity index (χ2v) is 6.62. The zero-order valence-electron chi connectivity index (χ0n) is 14.5. The van der Waals surface area contributed by atoms with E-state index in [0.29, 0.717) is 12.1 Å². The number of benzene rings is 1. The Bertz CT molecular complexity index is 762. The third kappa shape index (κ3) is 2.53. The Kier molecular flexibility index (Phi) is 3.88. The van der Waals surface area contributed by atoms with Crippen molar-refractivity contribution in [1.29, 1.82) is 0 Å². The molecule has 3 heterocycles. The third-order valence-corrected chi connectivity index (χ3v) is 5.29. The highest BCUT2D eigenvalue weighted by atomic mass is 16.5. The Morgan fingerprint density at radius 2 is 2.08 bits per heavy atom. The molecule has 0 radical (unpaired) electrons. The van der Waals surface area contributed by atoms with Crippen molar-refractivity contribution in [3.05, 3.63) is 47.0 Å². The fourth-order valence-electron chi connectivity index (χ4n) is 4.12. The lowest BCUT2D eigenvalue weighted by atomic mass is 9.98. The summed E-state index contributed by atoms with van der Waals surface area (Å²) in [6, 6.07) is 6.97. The van der Waals surface area contributed by atoms with Gasteiger partial charge in [0.1, 0.15) is 17.3 Å². The van der Waals surface area contributed by atoms with Crippen LogP contribution in [0.3, 0.4) is 0 Å². The summed E-state index contributed by atoms with van der Waals surface area (Å²) in [5.74, 6) is 2.66. The van der Waals surface area contributed by atoms with E-state index in [4.69, 9.17) is 9.47 Å². The number of hydrogen-bond acceptors (Lipinski definition) is 5. The number of aryl methyl sites for hydroxylation is 1. The van der Waals surface area contributed by atoms with Gasteiger partial charge in [0, 0.05) is 42.4 Å². The number of nitrogens with zero attached hydrogens (tertiary/aromatic N) is 3. The van der Waals surface area contributed by atoms with Gasteiger partial charge in [-0.1, -0.05) is 0 Å². The van der Waals surface area contributed by atoms with E-state index >= 15 is 0 Å². The minimum absolute atomic E-state index is 0.412. The van der Waals surface area contributed by atoms with Crippen LogP contribution < -0.4 is 9.47 Å². The van der Waals surface area contributed by atoms with E-state index in [2.05, 4.69) is 20.9 Å². The third-order valence-electron chi connectivity index (χ3n) is 5.29. The van der Waals surface area contributed by atoms with Gasteiger partial charge in [0.25, 0.3) is 0 Å². The van der Waals surface area contributed by atoms with Crippen LogP contribution >= 0.6 is 0 Å². The number of hydrogen-bond donors (Lipinski definition) is 0. The smallest absolute Gasteiger partial charge is 0.125 e. The van der Waals surface area contributed by atoms with Gasteiger partial charge in [0.2, 0.25) is 0 Å². The number of methoxy groups -OCH3 is 2. The maximum atomic E-state index is 5.56. The highest BCUT2D eigenvalue weighted by molar-refractivity contribution is 5.41. The summed E-state index contributed by atoms with van der Waals surface area (Å²) in [5.41, 5.74) is 3.71. The maximum absolute atomic E-state index is 5.56. The van der Waals surface area contributed by atoms with Gasteiger partial charge in [-0.05, 0) is 38.0 Å². The summed E-state index contributed by atoms with van der Waals surface area (Å²) in [7, 11) is 3.42. The van der Waals surface area contributed by atoms with E-state index in [1.807, 2.05) is 25.3 Å². The Hall–Kier alpha value is -2.14. The second kappa shape index (κ2) is 6.06. The first-order valence-corrected chi connectivity index (χ1v) is 8.48. The molecule has 2 atom stereocenters. The Morgan fingerprint density at radius 1 is 1.21 bits per heavy atom. The van der Waals surface area contributed by atoms with Gasteiger partial charge in [-0.25, -0.2) is 9.97 Å². The largest absolute Gasteiger partial charge is 0.497 e. The van der Waals surface area contributed by atoms with Crippen LogP contribution in [0, 0.1) is 6.92 Å². The van der Waals surface area contributed by atoms with E-state index in [-0.39, 0.29) is 0 Å². The molecular weight excluding hydrogens is 302 g/mol. The van der Waals surface area contributed by atoms with E-state index in [1.165, 1.54) is 29.7 Å². The van der Waals surface area contributed by atoms with Crippen LogP contribution in [0.1, 0.15) is 41.5 Å². The van der Waals surface area contributed by atoms with Gasteiger partial charge in [0.15, 0.2) is 0 Å². The molecule has 1 saturated heterocycles. The SMILES string of the molecule is COc1ccc(OC)c(CN2C3CCC2c2cnc(C)nc2C3)c1. The molecule has 4 rings (SSSR count). The molecule has 1 fully saturated rings. The molecule has 2 unspecified atom stereocenters. The summed E-state index contributed by atoms with van der Waals surface area (Å²) < 4.78 is 10.9. The van der Waals surface area contributed by atoms with Crippen LogP contribution in [0.4, 0.5) is 0 Å². The Morgan fingerprint density at radius 3 is 2.88 bits per heavy atom. The quantitative estimate of drug-likeness (QED) is 0.864. The Balaban J connectivity index is 1.66. The fourth-order valence-corrected chi connectivity index (χ4v) is 4.12. The van der Waals surface area contributed by atoms with Gasteiger partial charge in [-0.2, -0.15) is 0 Å². The van der Waals surface area contributed by atoms with Crippen molar-refractivity contribution >= 4 is 0 Å². The van der Waals surface area contributed by atoms with Crippen molar-refractivity contribution in [3.8, 4) is 11.5 Å². The van der Waals surface area contributed by atoms with Crippen molar-refractivity contribution in [1.82, 2.24) is 14.9 Å². The van der Waals surface area contributed by atoms with E-state index in [0.717, 1.165) is 30.3 Å². The molecule has 0 saturated carbocycles. The molecule has 2 aliphatic rings. The molecule has 1 aromatic carbocycles. The molecule has 0 amide bonds. The zero-order chi connectivity index (χ0) is 16.7. The second-order valence-electron chi connectivity index (χ2n) is 6.62. The number of ether oxygens (including phenoxy) is 2. The summed E-state index contributed by atoms with van der Waals surface area (Å²) in [4.78, 5) is 11.7. The van der Waals surface area contributed by atoms with Crippen LogP contribution in [0.5, 0.6) is 11.5 Å². The van der Waals surface area contributed by atoms with Gasteiger partial charge in [-0.15, -0.1) is 0 Å². The summed E-state index contributed by atoms with van der Waals surface area (Å²) in [5, 5.41) is 0. The van der Waals surface area contributed by atoms with Crippen LogP contribution in [0.2, 0.25) is 0 Å². The highest BCUT2D eigenvalue weighted by Gasteiger charge is 2.40.